The van der Waals surface area contributed by atoms with Crippen LogP contribution < -0.4 is 14.8 Å². The van der Waals surface area contributed by atoms with Crippen molar-refractivity contribution in [3.63, 3.8) is 0 Å². The van der Waals surface area contributed by atoms with Crippen molar-refractivity contribution in [3.8, 4) is 11.5 Å². The number of nitrogens with zero attached hydrogens (tertiary/aromatic N) is 1. The summed E-state index contributed by atoms with van der Waals surface area (Å²) < 4.78 is 11.3. The summed E-state index contributed by atoms with van der Waals surface area (Å²) in [6.45, 7) is 1.93. The van der Waals surface area contributed by atoms with Gasteiger partial charge in [0.1, 0.15) is 6.61 Å². The van der Waals surface area contributed by atoms with E-state index in [1.165, 1.54) is 0 Å². The van der Waals surface area contributed by atoms with Crippen molar-refractivity contribution in [1.82, 2.24) is 10.2 Å². The molecule has 0 unspecified atom stereocenters. The fraction of sp³-hybridized carbons (Fsp3) is 0.381. The highest BCUT2D eigenvalue weighted by Gasteiger charge is 2.23. The van der Waals surface area contributed by atoms with Crippen LogP contribution in [-0.4, -0.2) is 44.1 Å². The van der Waals surface area contributed by atoms with Gasteiger partial charge in [-0.3, -0.25) is 4.79 Å². The maximum atomic E-state index is 12.8. The number of likely N-dealkylation sites (tertiary alicyclic amines) is 1. The van der Waals surface area contributed by atoms with E-state index in [0.29, 0.717) is 34.7 Å². The van der Waals surface area contributed by atoms with E-state index in [2.05, 4.69) is 5.32 Å². The maximum Gasteiger partial charge on any atom is 0.253 e. The molecule has 1 aliphatic heterocycles. The third-order valence-corrected chi connectivity index (χ3v) is 5.16. The molecule has 0 aromatic heterocycles. The van der Waals surface area contributed by atoms with Gasteiger partial charge in [0.15, 0.2) is 11.5 Å². The number of hydrogen-bond acceptors (Lipinski definition) is 4. The van der Waals surface area contributed by atoms with E-state index in [9.17, 15) is 4.79 Å². The van der Waals surface area contributed by atoms with Crippen molar-refractivity contribution in [2.45, 2.75) is 25.5 Å². The van der Waals surface area contributed by atoms with Crippen molar-refractivity contribution in [1.29, 1.82) is 0 Å². The minimum atomic E-state index is 0. The van der Waals surface area contributed by atoms with Crippen LogP contribution in [0.25, 0.3) is 0 Å². The van der Waals surface area contributed by atoms with Gasteiger partial charge < -0.3 is 19.7 Å². The number of hydrogen-bond donors (Lipinski definition) is 1. The second kappa shape index (κ2) is 10.6. The molecule has 152 valence electrons. The monoisotopic (exact) mass is 424 g/mol. The van der Waals surface area contributed by atoms with Crippen molar-refractivity contribution in [3.05, 3.63) is 58.6 Å². The van der Waals surface area contributed by atoms with E-state index in [1.807, 2.05) is 36.2 Å². The van der Waals surface area contributed by atoms with Crippen LogP contribution in [0.1, 0.15) is 28.8 Å². The molecule has 0 spiro atoms. The molecule has 1 fully saturated rings. The Hall–Kier alpha value is -1.95. The molecule has 2 aromatic carbocycles. The second-order valence-corrected chi connectivity index (χ2v) is 7.07. The number of carbonyl (C=O) groups is 1. The van der Waals surface area contributed by atoms with Gasteiger partial charge in [-0.2, -0.15) is 0 Å². The van der Waals surface area contributed by atoms with Gasteiger partial charge >= 0.3 is 0 Å². The van der Waals surface area contributed by atoms with Crippen molar-refractivity contribution in [2.75, 3.05) is 27.2 Å². The molecule has 5 nitrogen and oxygen atoms in total. The first-order valence-corrected chi connectivity index (χ1v) is 9.50. The lowest BCUT2D eigenvalue weighted by Crippen LogP contribution is -2.43. The SMILES string of the molecule is CNC1CCN(C(=O)c2ccc(OCc3ccc(Cl)cc3)c(OC)c2)CC1.Cl. The number of amides is 1. The quantitative estimate of drug-likeness (QED) is 0.755. The van der Waals surface area contributed by atoms with Gasteiger partial charge in [-0.1, -0.05) is 23.7 Å². The Bertz CT molecular complexity index is 776. The summed E-state index contributed by atoms with van der Waals surface area (Å²) >= 11 is 5.90. The van der Waals surface area contributed by atoms with Crippen LogP contribution in [-0.2, 0) is 6.61 Å². The van der Waals surface area contributed by atoms with Gasteiger partial charge in [0.2, 0.25) is 0 Å². The van der Waals surface area contributed by atoms with E-state index in [-0.39, 0.29) is 18.3 Å². The highest BCUT2D eigenvalue weighted by Crippen LogP contribution is 2.30. The van der Waals surface area contributed by atoms with Gasteiger partial charge in [-0.25, -0.2) is 0 Å². The molecule has 0 aliphatic carbocycles. The number of carbonyl (C=O) groups excluding carboxylic acids is 1. The predicted molar refractivity (Wildman–Crippen MR) is 114 cm³/mol. The van der Waals surface area contributed by atoms with Crippen LogP contribution >= 0.6 is 24.0 Å². The Morgan fingerprint density at radius 1 is 1.14 bits per heavy atom. The first kappa shape index (κ1) is 22.3. The predicted octanol–water partition coefficient (Wildman–Crippen LogP) is 4.17. The minimum absolute atomic E-state index is 0. The normalized spacial score (nSPS) is 14.3. The third kappa shape index (κ3) is 5.53. The lowest BCUT2D eigenvalue weighted by atomic mass is 10.0. The van der Waals surface area contributed by atoms with E-state index >= 15 is 0 Å². The molecule has 1 N–H and O–H groups in total. The molecule has 1 amide bonds. The number of methoxy groups -OCH3 is 1. The lowest BCUT2D eigenvalue weighted by molar-refractivity contribution is 0.0707. The van der Waals surface area contributed by atoms with Gasteiger partial charge in [0, 0.05) is 29.7 Å². The molecule has 3 rings (SSSR count). The molecule has 7 heteroatoms. The number of halogens is 2. The Morgan fingerprint density at radius 3 is 2.43 bits per heavy atom. The van der Waals surface area contributed by atoms with Gasteiger partial charge in [0.25, 0.3) is 5.91 Å². The molecule has 0 radical (unpaired) electrons. The molecule has 1 aliphatic rings. The Kier molecular flexibility index (Phi) is 8.42. The summed E-state index contributed by atoms with van der Waals surface area (Å²) in [6, 6.07) is 13.3. The topological polar surface area (TPSA) is 50.8 Å². The molecule has 0 bridgehead atoms. The van der Waals surface area contributed by atoms with Gasteiger partial charge in [-0.05, 0) is 55.8 Å². The lowest BCUT2D eigenvalue weighted by Gasteiger charge is -2.32. The largest absolute Gasteiger partial charge is 0.493 e. The number of nitrogens with one attached hydrogen (secondary N) is 1. The second-order valence-electron chi connectivity index (χ2n) is 6.64. The van der Waals surface area contributed by atoms with Crippen LogP contribution in [0.2, 0.25) is 5.02 Å². The van der Waals surface area contributed by atoms with Gasteiger partial charge in [0.05, 0.1) is 7.11 Å². The van der Waals surface area contributed by atoms with E-state index in [4.69, 9.17) is 21.1 Å². The Morgan fingerprint density at radius 2 is 1.82 bits per heavy atom. The molecule has 0 atom stereocenters. The summed E-state index contributed by atoms with van der Waals surface area (Å²) in [6.07, 6.45) is 1.95. The molecule has 28 heavy (non-hydrogen) atoms. The van der Waals surface area contributed by atoms with E-state index in [1.54, 1.807) is 25.3 Å². The average Bonchev–Trinajstić information content (AvgIpc) is 2.72. The van der Waals surface area contributed by atoms with E-state index < -0.39 is 0 Å². The number of benzene rings is 2. The van der Waals surface area contributed by atoms with Gasteiger partial charge in [-0.15, -0.1) is 12.4 Å². The van der Waals surface area contributed by atoms with Crippen molar-refractivity contribution < 1.29 is 14.3 Å². The van der Waals surface area contributed by atoms with Crippen molar-refractivity contribution in [2.24, 2.45) is 0 Å². The van der Waals surface area contributed by atoms with Crippen LogP contribution in [0.3, 0.4) is 0 Å². The molecule has 1 heterocycles. The fourth-order valence-corrected chi connectivity index (χ4v) is 3.34. The summed E-state index contributed by atoms with van der Waals surface area (Å²) in [4.78, 5) is 14.7. The summed E-state index contributed by atoms with van der Waals surface area (Å²) in [5.74, 6) is 1.20. The number of ether oxygens (including phenoxy) is 2. The first-order valence-electron chi connectivity index (χ1n) is 9.12. The maximum absolute atomic E-state index is 12.8. The molecular weight excluding hydrogens is 399 g/mol. The Labute approximate surface area is 177 Å². The zero-order valence-electron chi connectivity index (χ0n) is 16.1. The van der Waals surface area contributed by atoms with Crippen LogP contribution in [0.4, 0.5) is 0 Å². The smallest absolute Gasteiger partial charge is 0.253 e. The standard InChI is InChI=1S/C21H25ClN2O3.ClH/c1-23-18-9-11-24(12-10-18)21(25)16-5-8-19(20(13-16)26-2)27-14-15-3-6-17(22)7-4-15;/h3-8,13,18,23H,9-12,14H2,1-2H3;1H. The van der Waals surface area contributed by atoms with Crippen molar-refractivity contribution >= 4 is 29.9 Å². The molecule has 2 aromatic rings. The van der Waals surface area contributed by atoms with E-state index in [0.717, 1.165) is 31.5 Å². The minimum Gasteiger partial charge on any atom is -0.493 e. The number of rotatable bonds is 6. The summed E-state index contributed by atoms with van der Waals surface area (Å²) in [5.41, 5.74) is 1.63. The fourth-order valence-electron chi connectivity index (χ4n) is 3.22. The van der Waals surface area contributed by atoms with Crippen LogP contribution in [0.15, 0.2) is 42.5 Å². The zero-order valence-corrected chi connectivity index (χ0v) is 17.7. The first-order chi connectivity index (χ1) is 13.1. The molecule has 0 saturated carbocycles. The summed E-state index contributed by atoms with van der Waals surface area (Å²) in [7, 11) is 3.55. The highest BCUT2D eigenvalue weighted by atomic mass is 35.5. The zero-order chi connectivity index (χ0) is 19.2. The molecular formula is C21H26Cl2N2O3. The highest BCUT2D eigenvalue weighted by molar-refractivity contribution is 6.30. The number of piperidine rings is 1. The third-order valence-electron chi connectivity index (χ3n) is 4.91. The van der Waals surface area contributed by atoms with Crippen LogP contribution in [0, 0.1) is 0 Å². The summed E-state index contributed by atoms with van der Waals surface area (Å²) in [5, 5.41) is 3.97. The van der Waals surface area contributed by atoms with Crippen LogP contribution in [0.5, 0.6) is 11.5 Å². The molecule has 1 saturated heterocycles. The average molecular weight is 425 g/mol. The Balaban J connectivity index is 0.00000280.